The van der Waals surface area contributed by atoms with Gasteiger partial charge in [-0.05, 0) is 32.2 Å². The maximum atomic E-state index is 12.8. The summed E-state index contributed by atoms with van der Waals surface area (Å²) in [6.07, 6.45) is 4.92. The Kier molecular flexibility index (Phi) is 10.1. The Labute approximate surface area is 190 Å². The molecule has 0 aromatic carbocycles. The molecule has 0 saturated carbocycles. The first-order valence-corrected chi connectivity index (χ1v) is 10.6. The van der Waals surface area contributed by atoms with Gasteiger partial charge in [-0.15, -0.1) is 0 Å². The number of nitrogens with zero attached hydrogens (tertiary/aromatic N) is 2. The normalized spacial score (nSPS) is 16.9. The van der Waals surface area contributed by atoms with Gasteiger partial charge in [-0.3, -0.25) is 19.4 Å². The van der Waals surface area contributed by atoms with Crippen molar-refractivity contribution in [3.8, 4) is 0 Å². The largest absolute Gasteiger partial charge is 0.480 e. The highest BCUT2D eigenvalue weighted by Gasteiger charge is 2.27. The van der Waals surface area contributed by atoms with E-state index < -0.39 is 29.9 Å². The summed E-state index contributed by atoms with van der Waals surface area (Å²) in [5.74, 6) is -2.89. The molecule has 3 amide bonds. The van der Waals surface area contributed by atoms with Crippen LogP contribution in [-0.2, 0) is 25.6 Å². The van der Waals surface area contributed by atoms with Gasteiger partial charge in [0.05, 0.1) is 18.9 Å². The minimum atomic E-state index is -1.24. The number of H-pyrrole nitrogens is 1. The van der Waals surface area contributed by atoms with Gasteiger partial charge < -0.3 is 42.8 Å². The maximum Gasteiger partial charge on any atom is 0.326 e. The number of imidazole rings is 1. The van der Waals surface area contributed by atoms with Gasteiger partial charge in [0.1, 0.15) is 12.1 Å². The van der Waals surface area contributed by atoms with Gasteiger partial charge in [-0.2, -0.15) is 0 Å². The number of nitrogens with one attached hydrogen (secondary N) is 5. The molecule has 2 heterocycles. The Morgan fingerprint density at radius 3 is 2.64 bits per heavy atom. The van der Waals surface area contributed by atoms with Gasteiger partial charge in [0.2, 0.25) is 17.7 Å². The molecule has 14 nitrogen and oxygen atoms in total. The van der Waals surface area contributed by atoms with Gasteiger partial charge in [0.15, 0.2) is 5.96 Å². The Hall–Kier alpha value is -3.68. The summed E-state index contributed by atoms with van der Waals surface area (Å²) in [6, 6.07) is -2.62. The number of hydrogen-bond acceptors (Lipinski definition) is 7. The lowest BCUT2D eigenvalue weighted by Gasteiger charge is -2.21. The van der Waals surface area contributed by atoms with E-state index >= 15 is 0 Å². The second-order valence-electron chi connectivity index (χ2n) is 7.62. The molecule has 14 heteroatoms. The maximum absolute atomic E-state index is 12.8. The number of carbonyl (C=O) groups excluding carboxylic acids is 3. The summed E-state index contributed by atoms with van der Waals surface area (Å²) >= 11 is 0. The minimum Gasteiger partial charge on any atom is -0.480 e. The van der Waals surface area contributed by atoms with E-state index in [1.54, 1.807) is 0 Å². The van der Waals surface area contributed by atoms with Gasteiger partial charge in [0, 0.05) is 24.9 Å². The number of carbonyl (C=O) groups is 4. The lowest BCUT2D eigenvalue weighted by atomic mass is 10.1. The summed E-state index contributed by atoms with van der Waals surface area (Å²) < 4.78 is 0. The van der Waals surface area contributed by atoms with Crippen LogP contribution in [0.2, 0.25) is 0 Å². The summed E-state index contributed by atoms with van der Waals surface area (Å²) in [4.78, 5) is 59.3. The number of rotatable bonds is 13. The third-order valence-corrected chi connectivity index (χ3v) is 4.99. The van der Waals surface area contributed by atoms with E-state index in [1.807, 2.05) is 0 Å². The molecule has 2 rings (SSSR count). The van der Waals surface area contributed by atoms with Gasteiger partial charge in [0.25, 0.3) is 0 Å². The van der Waals surface area contributed by atoms with Crippen LogP contribution >= 0.6 is 0 Å². The zero-order valence-electron chi connectivity index (χ0n) is 18.2. The average Bonchev–Trinajstić information content (AvgIpc) is 3.47. The molecule has 1 aliphatic rings. The molecule has 1 fully saturated rings. The van der Waals surface area contributed by atoms with Crippen LogP contribution in [-0.4, -0.2) is 82.5 Å². The topological polar surface area (TPSA) is 230 Å². The Morgan fingerprint density at radius 2 is 2.03 bits per heavy atom. The van der Waals surface area contributed by atoms with Crippen molar-refractivity contribution >= 4 is 29.7 Å². The van der Waals surface area contributed by atoms with Crippen LogP contribution in [0.1, 0.15) is 31.4 Å². The summed E-state index contributed by atoms with van der Waals surface area (Å²) in [5, 5.41) is 20.0. The average molecular weight is 466 g/mol. The molecule has 0 spiro atoms. The van der Waals surface area contributed by atoms with E-state index in [0.29, 0.717) is 18.5 Å². The quantitative estimate of drug-likeness (QED) is 0.0837. The van der Waals surface area contributed by atoms with Crippen molar-refractivity contribution in [2.45, 2.75) is 50.2 Å². The number of amides is 3. The predicted molar refractivity (Wildman–Crippen MR) is 118 cm³/mol. The molecule has 1 aliphatic heterocycles. The lowest BCUT2D eigenvalue weighted by molar-refractivity contribution is -0.142. The minimum absolute atomic E-state index is 0.0137. The molecule has 33 heavy (non-hydrogen) atoms. The molecule has 1 aromatic rings. The number of guanidine groups is 1. The number of aromatic amines is 1. The highest BCUT2D eigenvalue weighted by atomic mass is 16.4. The van der Waals surface area contributed by atoms with Crippen molar-refractivity contribution in [2.24, 2.45) is 16.5 Å². The Morgan fingerprint density at radius 1 is 1.24 bits per heavy atom. The van der Waals surface area contributed by atoms with E-state index in [1.165, 1.54) is 12.5 Å². The molecular formula is C19H31N9O5. The van der Waals surface area contributed by atoms with E-state index in [4.69, 9.17) is 11.5 Å². The van der Waals surface area contributed by atoms with Crippen LogP contribution in [0.25, 0.3) is 0 Å². The number of aliphatic carboxylic acids is 1. The van der Waals surface area contributed by atoms with Crippen LogP contribution in [0, 0.1) is 0 Å². The molecule has 1 aromatic heterocycles. The number of nitrogens with two attached hydrogens (primary N) is 2. The predicted octanol–water partition coefficient (Wildman–Crippen LogP) is -3.07. The second kappa shape index (κ2) is 13.0. The zero-order valence-corrected chi connectivity index (χ0v) is 18.2. The van der Waals surface area contributed by atoms with Crippen LogP contribution in [0.3, 0.4) is 0 Å². The standard InChI is InChI=1S/C19H31N9O5/c20-19(21)24-6-2-4-13(27-15(29)9-25-16(30)12-3-1-5-23-12)17(31)28-14(18(32)33)7-11-8-22-10-26-11/h8,10,12-14,23H,1-7,9H2,(H,22,26)(H,25,30)(H,27,29)(H,28,31)(H,32,33)(H4,20,21,24). The first kappa shape index (κ1) is 25.6. The zero-order chi connectivity index (χ0) is 24.2. The molecule has 3 atom stereocenters. The monoisotopic (exact) mass is 465 g/mol. The highest BCUT2D eigenvalue weighted by Crippen LogP contribution is 2.05. The van der Waals surface area contributed by atoms with E-state index in [9.17, 15) is 24.3 Å². The SMILES string of the molecule is NC(N)=NCCCC(NC(=O)CNC(=O)C1CCCN1)C(=O)NC(Cc1cnc[nH]1)C(=O)O. The van der Waals surface area contributed by atoms with Crippen LogP contribution in [0.5, 0.6) is 0 Å². The van der Waals surface area contributed by atoms with Gasteiger partial charge in [-0.25, -0.2) is 9.78 Å². The Balaban J connectivity index is 1.95. The van der Waals surface area contributed by atoms with Crippen molar-refractivity contribution in [2.75, 3.05) is 19.6 Å². The fraction of sp³-hybridized carbons (Fsp3) is 0.579. The second-order valence-corrected chi connectivity index (χ2v) is 7.62. The molecule has 0 radical (unpaired) electrons. The number of aliphatic imine (C=N–C) groups is 1. The molecule has 0 bridgehead atoms. The van der Waals surface area contributed by atoms with Crippen LogP contribution < -0.4 is 32.7 Å². The highest BCUT2D eigenvalue weighted by molar-refractivity contribution is 5.92. The van der Waals surface area contributed by atoms with Gasteiger partial charge >= 0.3 is 5.97 Å². The number of aromatic nitrogens is 2. The number of hydrogen-bond donors (Lipinski definition) is 8. The van der Waals surface area contributed by atoms with Crippen molar-refractivity contribution in [1.29, 1.82) is 0 Å². The number of carboxylic acid groups (broad SMARTS) is 1. The molecular weight excluding hydrogens is 434 g/mol. The van der Waals surface area contributed by atoms with Crippen molar-refractivity contribution < 1.29 is 24.3 Å². The fourth-order valence-corrected chi connectivity index (χ4v) is 3.31. The van der Waals surface area contributed by atoms with Gasteiger partial charge in [-0.1, -0.05) is 0 Å². The smallest absolute Gasteiger partial charge is 0.326 e. The molecule has 3 unspecified atom stereocenters. The van der Waals surface area contributed by atoms with E-state index in [-0.39, 0.29) is 43.8 Å². The molecule has 0 aliphatic carbocycles. The third kappa shape index (κ3) is 9.14. The van der Waals surface area contributed by atoms with E-state index in [2.05, 4.69) is 36.2 Å². The summed E-state index contributed by atoms with van der Waals surface area (Å²) in [6.45, 7) is 0.652. The van der Waals surface area contributed by atoms with Crippen molar-refractivity contribution in [1.82, 2.24) is 31.2 Å². The van der Waals surface area contributed by atoms with E-state index in [0.717, 1.165) is 13.0 Å². The van der Waals surface area contributed by atoms with Crippen molar-refractivity contribution in [3.05, 3.63) is 18.2 Å². The fourth-order valence-electron chi connectivity index (χ4n) is 3.31. The van der Waals surface area contributed by atoms with Crippen LogP contribution in [0.4, 0.5) is 0 Å². The lowest BCUT2D eigenvalue weighted by Crippen LogP contribution is -2.54. The van der Waals surface area contributed by atoms with Crippen molar-refractivity contribution in [3.63, 3.8) is 0 Å². The first-order valence-electron chi connectivity index (χ1n) is 10.6. The molecule has 1 saturated heterocycles. The third-order valence-electron chi connectivity index (χ3n) is 4.99. The molecule has 10 N–H and O–H groups in total. The van der Waals surface area contributed by atoms with Crippen LogP contribution in [0.15, 0.2) is 17.5 Å². The molecule has 182 valence electrons. The first-order chi connectivity index (χ1) is 15.8. The Bertz CT molecular complexity index is 833. The number of carboxylic acids is 1. The summed E-state index contributed by atoms with van der Waals surface area (Å²) in [5.41, 5.74) is 11.1. The summed E-state index contributed by atoms with van der Waals surface area (Å²) in [7, 11) is 0.